The molecular formula is C19H29NO2. The molecule has 4 rings (SSSR count). The van der Waals surface area contributed by atoms with Gasteiger partial charge in [0.1, 0.15) is 0 Å². The standard InChI is InChI=1S/C19H29NO2/c1-18-7-5-12(21)9-11(18)10-15(22)17-13-3-4-16(20)19(13,2)8-6-14(17)18/h5,7,11-15,17,20-22H,3-4,6,8-10H2,1-2H3/t11?,12?,13-,14+,15?,17-,18-,19-/m0/s1. The zero-order valence-corrected chi connectivity index (χ0v) is 13.8. The second kappa shape index (κ2) is 4.67. The normalized spacial score (nSPS) is 57.2. The van der Waals surface area contributed by atoms with Crippen molar-refractivity contribution < 1.29 is 10.2 Å². The summed E-state index contributed by atoms with van der Waals surface area (Å²) < 4.78 is 0. The molecule has 0 bridgehead atoms. The minimum Gasteiger partial charge on any atom is -0.393 e. The van der Waals surface area contributed by atoms with Gasteiger partial charge in [0, 0.05) is 11.1 Å². The van der Waals surface area contributed by atoms with E-state index in [1.54, 1.807) is 0 Å². The summed E-state index contributed by atoms with van der Waals surface area (Å²) in [6, 6.07) is 0. The number of rotatable bonds is 0. The van der Waals surface area contributed by atoms with Crippen LogP contribution in [0.25, 0.3) is 0 Å². The largest absolute Gasteiger partial charge is 0.393 e. The number of aliphatic hydroxyl groups excluding tert-OH is 2. The van der Waals surface area contributed by atoms with E-state index in [2.05, 4.69) is 19.9 Å². The molecule has 3 heteroatoms. The maximum atomic E-state index is 10.9. The lowest BCUT2D eigenvalue weighted by atomic mass is 9.45. The molecule has 0 aliphatic heterocycles. The van der Waals surface area contributed by atoms with Crippen molar-refractivity contribution in [3.63, 3.8) is 0 Å². The highest BCUT2D eigenvalue weighted by atomic mass is 16.3. The van der Waals surface area contributed by atoms with Crippen LogP contribution in [0.2, 0.25) is 0 Å². The van der Waals surface area contributed by atoms with Crippen LogP contribution in [0.1, 0.15) is 52.4 Å². The molecule has 0 aromatic carbocycles. The van der Waals surface area contributed by atoms with E-state index in [-0.39, 0.29) is 23.0 Å². The molecule has 0 heterocycles. The quantitative estimate of drug-likeness (QED) is 0.602. The molecule has 0 aromatic heterocycles. The Morgan fingerprint density at radius 2 is 1.91 bits per heavy atom. The molecule has 4 aliphatic carbocycles. The first kappa shape index (κ1) is 14.9. The van der Waals surface area contributed by atoms with Gasteiger partial charge in [-0.15, -0.1) is 0 Å². The molecule has 0 amide bonds. The third-order valence-electron chi connectivity index (χ3n) is 7.97. The third kappa shape index (κ3) is 1.78. The molecule has 3 N–H and O–H groups in total. The molecule has 3 unspecified atom stereocenters. The van der Waals surface area contributed by atoms with Gasteiger partial charge in [0.15, 0.2) is 0 Å². The zero-order valence-electron chi connectivity index (χ0n) is 13.8. The van der Waals surface area contributed by atoms with E-state index >= 15 is 0 Å². The molecule has 122 valence electrons. The number of fused-ring (bicyclic) bond motifs is 5. The van der Waals surface area contributed by atoms with Crippen LogP contribution in [0.5, 0.6) is 0 Å². The highest BCUT2D eigenvalue weighted by molar-refractivity contribution is 5.89. The molecule has 3 fully saturated rings. The average Bonchev–Trinajstić information content (AvgIpc) is 2.77. The predicted molar refractivity (Wildman–Crippen MR) is 86.8 cm³/mol. The van der Waals surface area contributed by atoms with E-state index in [1.807, 2.05) is 6.08 Å². The number of hydrogen-bond donors (Lipinski definition) is 3. The van der Waals surface area contributed by atoms with Crippen LogP contribution in [0, 0.1) is 39.9 Å². The van der Waals surface area contributed by atoms with Crippen LogP contribution in [-0.2, 0) is 0 Å². The Labute approximate surface area is 133 Å². The fraction of sp³-hybridized carbons (Fsp3) is 0.842. The van der Waals surface area contributed by atoms with Crippen LogP contribution in [0.15, 0.2) is 12.2 Å². The lowest BCUT2D eigenvalue weighted by molar-refractivity contribution is -0.130. The minimum absolute atomic E-state index is 0.0310. The van der Waals surface area contributed by atoms with Crippen LogP contribution in [0.4, 0.5) is 0 Å². The maximum absolute atomic E-state index is 10.9. The first-order valence-corrected chi connectivity index (χ1v) is 8.99. The molecule has 0 aromatic rings. The van der Waals surface area contributed by atoms with Crippen molar-refractivity contribution in [1.29, 1.82) is 5.41 Å². The van der Waals surface area contributed by atoms with Crippen LogP contribution >= 0.6 is 0 Å². The van der Waals surface area contributed by atoms with Gasteiger partial charge in [-0.25, -0.2) is 0 Å². The molecular weight excluding hydrogens is 274 g/mol. The van der Waals surface area contributed by atoms with Gasteiger partial charge in [0.25, 0.3) is 0 Å². The van der Waals surface area contributed by atoms with E-state index in [0.717, 1.165) is 44.2 Å². The summed E-state index contributed by atoms with van der Waals surface area (Å²) in [4.78, 5) is 0. The number of nitrogens with one attached hydrogen (secondary N) is 1. The molecule has 0 spiro atoms. The monoisotopic (exact) mass is 303 g/mol. The number of allylic oxidation sites excluding steroid dienone is 1. The molecule has 4 aliphatic rings. The van der Waals surface area contributed by atoms with Crippen LogP contribution in [-0.4, -0.2) is 28.1 Å². The van der Waals surface area contributed by atoms with E-state index in [9.17, 15) is 10.2 Å². The highest BCUT2D eigenvalue weighted by Gasteiger charge is 2.60. The van der Waals surface area contributed by atoms with Crippen molar-refractivity contribution in [3.8, 4) is 0 Å². The summed E-state index contributed by atoms with van der Waals surface area (Å²) >= 11 is 0. The van der Waals surface area contributed by atoms with Gasteiger partial charge < -0.3 is 15.6 Å². The molecule has 0 saturated heterocycles. The van der Waals surface area contributed by atoms with Gasteiger partial charge in [-0.2, -0.15) is 0 Å². The van der Waals surface area contributed by atoms with Crippen molar-refractivity contribution in [1.82, 2.24) is 0 Å². The van der Waals surface area contributed by atoms with Gasteiger partial charge in [-0.1, -0.05) is 26.0 Å². The Kier molecular flexibility index (Phi) is 3.16. The Morgan fingerprint density at radius 1 is 1.14 bits per heavy atom. The van der Waals surface area contributed by atoms with Crippen molar-refractivity contribution in [2.75, 3.05) is 0 Å². The van der Waals surface area contributed by atoms with Gasteiger partial charge >= 0.3 is 0 Å². The molecule has 3 nitrogen and oxygen atoms in total. The van der Waals surface area contributed by atoms with E-state index < -0.39 is 0 Å². The summed E-state index contributed by atoms with van der Waals surface area (Å²) in [5.74, 6) is 1.72. The van der Waals surface area contributed by atoms with Gasteiger partial charge in [0.2, 0.25) is 0 Å². The first-order chi connectivity index (χ1) is 10.4. The highest BCUT2D eigenvalue weighted by Crippen LogP contribution is 2.64. The van der Waals surface area contributed by atoms with Crippen molar-refractivity contribution in [3.05, 3.63) is 12.2 Å². The molecule has 22 heavy (non-hydrogen) atoms. The predicted octanol–water partition coefficient (Wildman–Crippen LogP) is 3.16. The smallest absolute Gasteiger partial charge is 0.0724 e. The lowest BCUT2D eigenvalue weighted by Gasteiger charge is -2.60. The fourth-order valence-electron chi connectivity index (χ4n) is 6.58. The summed E-state index contributed by atoms with van der Waals surface area (Å²) in [5, 5.41) is 29.3. The van der Waals surface area contributed by atoms with E-state index in [0.29, 0.717) is 23.7 Å². The Morgan fingerprint density at radius 3 is 2.68 bits per heavy atom. The van der Waals surface area contributed by atoms with Gasteiger partial charge in [0.05, 0.1) is 12.2 Å². The van der Waals surface area contributed by atoms with Crippen molar-refractivity contribution >= 4 is 5.71 Å². The molecule has 8 atom stereocenters. The summed E-state index contributed by atoms with van der Waals surface area (Å²) in [7, 11) is 0. The average molecular weight is 303 g/mol. The fourth-order valence-corrected chi connectivity index (χ4v) is 6.58. The topological polar surface area (TPSA) is 64.3 Å². The Hall–Kier alpha value is -0.670. The number of aliphatic hydroxyl groups is 2. The molecule has 0 radical (unpaired) electrons. The Bertz CT molecular complexity index is 530. The van der Waals surface area contributed by atoms with Crippen molar-refractivity contribution in [2.24, 2.45) is 34.5 Å². The first-order valence-electron chi connectivity index (χ1n) is 8.99. The SMILES string of the molecule is C[C@]12C=CC(O)CC1CC(O)[C@@H]1[C@H]2CC[C@]2(C)C(=N)CC[C@@H]12. The second-order valence-electron chi connectivity index (χ2n) is 8.79. The van der Waals surface area contributed by atoms with Gasteiger partial charge in [-0.3, -0.25) is 0 Å². The Balaban J connectivity index is 1.73. The van der Waals surface area contributed by atoms with Crippen LogP contribution < -0.4 is 0 Å². The number of hydrogen-bond acceptors (Lipinski definition) is 3. The summed E-state index contributed by atoms with van der Waals surface area (Å²) in [6.07, 6.45) is 9.49. The summed E-state index contributed by atoms with van der Waals surface area (Å²) in [5.41, 5.74) is 1.07. The molecule has 3 saturated carbocycles. The lowest BCUT2D eigenvalue weighted by Crippen LogP contribution is -2.57. The maximum Gasteiger partial charge on any atom is 0.0724 e. The van der Waals surface area contributed by atoms with E-state index in [4.69, 9.17) is 5.41 Å². The zero-order chi connectivity index (χ0) is 15.7. The van der Waals surface area contributed by atoms with Gasteiger partial charge in [-0.05, 0) is 67.6 Å². The van der Waals surface area contributed by atoms with Crippen LogP contribution in [0.3, 0.4) is 0 Å². The summed E-state index contributed by atoms with van der Waals surface area (Å²) in [6.45, 7) is 4.62. The second-order valence-corrected chi connectivity index (χ2v) is 8.79. The van der Waals surface area contributed by atoms with Crippen molar-refractivity contribution in [2.45, 2.75) is 64.6 Å². The minimum atomic E-state index is -0.338. The van der Waals surface area contributed by atoms with E-state index in [1.165, 1.54) is 0 Å². The third-order valence-corrected chi connectivity index (χ3v) is 7.97.